The maximum Gasteiger partial charge on any atom is 0.156 e. The highest BCUT2D eigenvalue weighted by molar-refractivity contribution is 7.93. The van der Waals surface area contributed by atoms with Gasteiger partial charge in [-0.05, 0) is 25.7 Å². The first kappa shape index (κ1) is 11.7. The van der Waals surface area contributed by atoms with Gasteiger partial charge in [-0.15, -0.1) is 0 Å². The maximum absolute atomic E-state index is 12.1. The van der Waals surface area contributed by atoms with Crippen LogP contribution in [0.4, 0.5) is 0 Å². The Balaban J connectivity index is 1.54. The van der Waals surface area contributed by atoms with E-state index in [0.717, 1.165) is 26.0 Å². The van der Waals surface area contributed by atoms with Gasteiger partial charge in [-0.25, -0.2) is 8.42 Å². The van der Waals surface area contributed by atoms with Gasteiger partial charge in [-0.2, -0.15) is 0 Å². The lowest BCUT2D eigenvalue weighted by Gasteiger charge is -2.53. The summed E-state index contributed by atoms with van der Waals surface area (Å²) in [6.45, 7) is 1.85. The zero-order valence-corrected chi connectivity index (χ0v) is 11.5. The summed E-state index contributed by atoms with van der Waals surface area (Å²) in [6.07, 6.45) is 6.86. The van der Waals surface area contributed by atoms with Gasteiger partial charge in [-0.3, -0.25) is 5.32 Å². The van der Waals surface area contributed by atoms with Crippen LogP contribution in [0.1, 0.15) is 44.9 Å². The molecule has 3 aliphatic heterocycles. The fraction of sp³-hybridized carbons (Fsp3) is 1.00. The molecule has 0 aromatic rings. The second-order valence-corrected chi connectivity index (χ2v) is 9.32. The smallest absolute Gasteiger partial charge is 0.156 e. The number of hydrogen-bond acceptors (Lipinski definition) is 4. The van der Waals surface area contributed by atoms with E-state index in [0.29, 0.717) is 18.3 Å². The summed E-state index contributed by atoms with van der Waals surface area (Å²) in [4.78, 5) is 0. The Hall–Kier alpha value is -0.130. The van der Waals surface area contributed by atoms with Gasteiger partial charge >= 0.3 is 0 Å². The molecule has 4 rings (SSSR count). The molecular weight excluding hydrogens is 250 g/mol. The Morgan fingerprint density at radius 2 is 1.78 bits per heavy atom. The van der Waals surface area contributed by atoms with E-state index >= 15 is 0 Å². The zero-order valence-electron chi connectivity index (χ0n) is 10.7. The predicted octanol–water partition coefficient (Wildman–Crippen LogP) is 1.21. The Labute approximate surface area is 108 Å². The third kappa shape index (κ3) is 1.47. The molecule has 0 amide bonds. The Kier molecular flexibility index (Phi) is 2.27. The number of fused-ring (bicyclic) bond motifs is 2. The van der Waals surface area contributed by atoms with Gasteiger partial charge < -0.3 is 4.74 Å². The van der Waals surface area contributed by atoms with Crippen LogP contribution >= 0.6 is 0 Å². The number of nitrogens with one attached hydrogen (secondary N) is 1. The molecule has 0 aromatic heterocycles. The molecule has 3 heterocycles. The van der Waals surface area contributed by atoms with Crippen LogP contribution in [0.5, 0.6) is 0 Å². The quantitative estimate of drug-likeness (QED) is 0.719. The van der Waals surface area contributed by atoms with Gasteiger partial charge in [0.15, 0.2) is 9.84 Å². The van der Waals surface area contributed by atoms with Crippen molar-refractivity contribution in [1.82, 2.24) is 5.32 Å². The van der Waals surface area contributed by atoms with Gasteiger partial charge in [-0.1, -0.05) is 6.42 Å². The molecule has 1 saturated carbocycles. The summed E-state index contributed by atoms with van der Waals surface area (Å²) < 4.78 is 30.4. The summed E-state index contributed by atoms with van der Waals surface area (Å²) in [5, 5.41) is 3.27. The molecule has 18 heavy (non-hydrogen) atoms. The molecule has 4 nitrogen and oxygen atoms in total. The molecule has 0 aromatic carbocycles. The van der Waals surface area contributed by atoms with Crippen molar-refractivity contribution in [3.8, 4) is 0 Å². The predicted molar refractivity (Wildman–Crippen MR) is 67.9 cm³/mol. The average molecular weight is 271 g/mol. The van der Waals surface area contributed by atoms with Crippen LogP contribution in [0.2, 0.25) is 0 Å². The van der Waals surface area contributed by atoms with Crippen molar-refractivity contribution in [2.45, 2.75) is 61.2 Å². The summed E-state index contributed by atoms with van der Waals surface area (Å²) in [7, 11) is -2.84. The lowest BCUT2D eigenvalue weighted by molar-refractivity contribution is -0.172. The molecule has 1 aliphatic carbocycles. The Morgan fingerprint density at radius 1 is 1.11 bits per heavy atom. The van der Waals surface area contributed by atoms with E-state index in [4.69, 9.17) is 4.74 Å². The maximum atomic E-state index is 12.1. The highest BCUT2D eigenvalue weighted by Crippen LogP contribution is 2.49. The van der Waals surface area contributed by atoms with E-state index in [2.05, 4.69) is 5.32 Å². The second kappa shape index (κ2) is 3.49. The topological polar surface area (TPSA) is 55.4 Å². The standard InChI is InChI=1S/C13H21NO3S/c15-18(16)10-2-3-11(18)7-13(6-10)14-8-12(9-17-13)4-1-5-12/h10-11,14H,1-9H2. The first-order valence-electron chi connectivity index (χ1n) is 7.16. The van der Waals surface area contributed by atoms with Crippen LogP contribution in [-0.2, 0) is 14.6 Å². The van der Waals surface area contributed by atoms with Gasteiger partial charge in [0.1, 0.15) is 5.72 Å². The molecule has 2 spiro atoms. The minimum atomic E-state index is -2.84. The Bertz CT molecular complexity index is 437. The first-order valence-corrected chi connectivity index (χ1v) is 8.76. The highest BCUT2D eigenvalue weighted by atomic mass is 32.2. The van der Waals surface area contributed by atoms with Gasteiger partial charge in [0, 0.05) is 24.8 Å². The van der Waals surface area contributed by atoms with Crippen molar-refractivity contribution in [2.75, 3.05) is 13.2 Å². The second-order valence-electron chi connectivity index (χ2n) is 6.81. The average Bonchev–Trinajstić information content (AvgIpc) is 2.51. The molecule has 2 atom stereocenters. The summed E-state index contributed by atoms with van der Waals surface area (Å²) in [5.74, 6) is 0. The molecule has 5 heteroatoms. The van der Waals surface area contributed by atoms with E-state index in [9.17, 15) is 8.42 Å². The molecular formula is C13H21NO3S. The van der Waals surface area contributed by atoms with Crippen LogP contribution in [0.3, 0.4) is 0 Å². The van der Waals surface area contributed by atoms with Crippen molar-refractivity contribution in [2.24, 2.45) is 5.41 Å². The monoisotopic (exact) mass is 271 g/mol. The molecule has 0 radical (unpaired) electrons. The number of ether oxygens (including phenoxy) is 1. The lowest BCUT2D eigenvalue weighted by Crippen LogP contribution is -2.64. The number of rotatable bonds is 0. The van der Waals surface area contributed by atoms with Crippen molar-refractivity contribution in [3.05, 3.63) is 0 Å². The van der Waals surface area contributed by atoms with Gasteiger partial charge in [0.25, 0.3) is 0 Å². The van der Waals surface area contributed by atoms with Crippen LogP contribution in [0.15, 0.2) is 0 Å². The molecule has 3 saturated heterocycles. The van der Waals surface area contributed by atoms with Crippen LogP contribution in [0, 0.1) is 5.41 Å². The molecule has 1 N–H and O–H groups in total. The molecule has 4 fully saturated rings. The van der Waals surface area contributed by atoms with E-state index < -0.39 is 9.84 Å². The van der Waals surface area contributed by atoms with Gasteiger partial charge in [0.2, 0.25) is 0 Å². The molecule has 4 aliphatic rings. The van der Waals surface area contributed by atoms with Crippen molar-refractivity contribution in [1.29, 1.82) is 0 Å². The number of hydrogen-bond donors (Lipinski definition) is 1. The van der Waals surface area contributed by atoms with Crippen molar-refractivity contribution >= 4 is 9.84 Å². The van der Waals surface area contributed by atoms with E-state index in [1.165, 1.54) is 19.3 Å². The largest absolute Gasteiger partial charge is 0.360 e. The van der Waals surface area contributed by atoms with E-state index in [1.807, 2.05) is 0 Å². The lowest BCUT2D eigenvalue weighted by atomic mass is 9.68. The number of sulfone groups is 1. The summed E-state index contributed by atoms with van der Waals surface area (Å²) in [5.41, 5.74) is 0.0542. The van der Waals surface area contributed by atoms with Crippen molar-refractivity contribution < 1.29 is 13.2 Å². The zero-order chi connectivity index (χ0) is 12.4. The highest BCUT2D eigenvalue weighted by Gasteiger charge is 2.56. The normalized spacial score (nSPS) is 48.2. The SMILES string of the molecule is O=S1(=O)C2CCC1CC1(C2)NCC2(CCC2)CO1. The minimum Gasteiger partial charge on any atom is -0.360 e. The van der Waals surface area contributed by atoms with Gasteiger partial charge in [0.05, 0.1) is 17.1 Å². The Morgan fingerprint density at radius 3 is 2.22 bits per heavy atom. The molecule has 102 valence electrons. The van der Waals surface area contributed by atoms with Crippen LogP contribution in [-0.4, -0.2) is 37.8 Å². The van der Waals surface area contributed by atoms with Crippen molar-refractivity contribution in [3.63, 3.8) is 0 Å². The van der Waals surface area contributed by atoms with E-state index in [1.54, 1.807) is 0 Å². The van der Waals surface area contributed by atoms with Crippen LogP contribution in [0.25, 0.3) is 0 Å². The molecule has 2 unspecified atom stereocenters. The van der Waals surface area contributed by atoms with Crippen LogP contribution < -0.4 is 5.32 Å². The third-order valence-electron chi connectivity index (χ3n) is 5.71. The fourth-order valence-corrected chi connectivity index (χ4v) is 6.71. The fourth-order valence-electron chi connectivity index (χ4n) is 4.23. The summed E-state index contributed by atoms with van der Waals surface area (Å²) in [6, 6.07) is 0. The van der Waals surface area contributed by atoms with E-state index in [-0.39, 0.29) is 16.2 Å². The minimum absolute atomic E-state index is 0.154. The summed E-state index contributed by atoms with van der Waals surface area (Å²) >= 11 is 0. The third-order valence-corrected chi connectivity index (χ3v) is 8.37. The first-order chi connectivity index (χ1) is 8.54. The molecule has 2 bridgehead atoms.